The summed E-state index contributed by atoms with van der Waals surface area (Å²) in [5.74, 6) is 0.138. The van der Waals surface area contributed by atoms with E-state index in [0.717, 1.165) is 33.4 Å². The Hall–Kier alpha value is -8.74. The van der Waals surface area contributed by atoms with Gasteiger partial charge in [0.05, 0.1) is 64.9 Å². The van der Waals surface area contributed by atoms with Gasteiger partial charge in [0.2, 0.25) is 23.3 Å². The lowest BCUT2D eigenvalue weighted by atomic mass is 9.98. The summed E-state index contributed by atoms with van der Waals surface area (Å²) in [5.41, 5.74) is 6.75. The normalized spacial score (nSPS) is 12.3. The molecule has 82 heavy (non-hydrogen) atoms. The summed E-state index contributed by atoms with van der Waals surface area (Å²) < 4.78 is 32.9. The first-order chi connectivity index (χ1) is 39.6. The third-order valence-electron chi connectivity index (χ3n) is 14.1. The first kappa shape index (κ1) is 59.4. The van der Waals surface area contributed by atoms with Gasteiger partial charge in [-0.2, -0.15) is 0 Å². The van der Waals surface area contributed by atoms with E-state index >= 15 is 0 Å². The van der Waals surface area contributed by atoms with E-state index in [1.165, 1.54) is 42.7 Å². The highest BCUT2D eigenvalue weighted by molar-refractivity contribution is 6.30. The third-order valence-corrected chi connectivity index (χ3v) is 14.6. The lowest BCUT2D eigenvalue weighted by Crippen LogP contribution is -2.30. The number of carbonyl (C=O) groups is 6. The Labute approximate surface area is 485 Å². The van der Waals surface area contributed by atoms with E-state index in [-0.39, 0.29) is 86.2 Å². The average molecular weight is 1160 g/mol. The maximum Gasteiger partial charge on any atom is 0.252 e. The van der Waals surface area contributed by atoms with Gasteiger partial charge in [0.25, 0.3) is 23.6 Å². The summed E-state index contributed by atoms with van der Waals surface area (Å²) in [6.45, 7) is 1.54. The van der Waals surface area contributed by atoms with Crippen LogP contribution in [0.15, 0.2) is 109 Å². The van der Waals surface area contributed by atoms with Crippen molar-refractivity contribution in [2.24, 2.45) is 0 Å². The van der Waals surface area contributed by atoms with E-state index in [1.807, 2.05) is 24.3 Å². The van der Waals surface area contributed by atoms with Crippen molar-refractivity contribution in [1.29, 1.82) is 0 Å². The number of rotatable bonds is 24. The van der Waals surface area contributed by atoms with Gasteiger partial charge >= 0.3 is 0 Å². The number of ether oxygens (including phenoxy) is 6. The molecule has 6 aromatic rings. The summed E-state index contributed by atoms with van der Waals surface area (Å²) in [4.78, 5) is 86.6. The molecular weight excluding hydrogens is 1090 g/mol. The molecule has 0 unspecified atom stereocenters. The second kappa shape index (κ2) is 27.6. The topological polar surface area (TPSA) is 212 Å². The Kier molecular flexibility index (Phi) is 20.0. The Bertz CT molecular complexity index is 3130. The molecule has 0 atom stereocenters. The third kappa shape index (κ3) is 14.4. The van der Waals surface area contributed by atoms with E-state index in [1.54, 1.807) is 94.7 Å². The predicted molar refractivity (Wildman–Crippen MR) is 309 cm³/mol. The highest BCUT2D eigenvalue weighted by atomic mass is 35.5. The molecule has 2 aliphatic rings. The fourth-order valence-corrected chi connectivity index (χ4v) is 10.0. The number of benzene rings is 6. The van der Waals surface area contributed by atoms with Crippen molar-refractivity contribution in [3.05, 3.63) is 186 Å². The lowest BCUT2D eigenvalue weighted by Gasteiger charge is -2.15. The van der Waals surface area contributed by atoms with E-state index in [4.69, 9.17) is 51.6 Å². The molecule has 0 saturated heterocycles. The van der Waals surface area contributed by atoms with Crippen molar-refractivity contribution >= 4 is 58.6 Å². The number of amides is 6. The van der Waals surface area contributed by atoms with Gasteiger partial charge < -0.3 is 59.5 Å². The van der Waals surface area contributed by atoms with Crippen LogP contribution in [0.3, 0.4) is 0 Å². The zero-order valence-electron chi connectivity index (χ0n) is 46.4. The van der Waals surface area contributed by atoms with Crippen LogP contribution >= 0.6 is 23.2 Å². The number of methoxy groups -OCH3 is 6. The second-order valence-corrected chi connectivity index (χ2v) is 20.3. The van der Waals surface area contributed by atoms with E-state index in [0.29, 0.717) is 81.6 Å². The van der Waals surface area contributed by atoms with Gasteiger partial charge in [-0.3, -0.25) is 28.8 Å². The van der Waals surface area contributed by atoms with Crippen LogP contribution in [0.25, 0.3) is 0 Å². The van der Waals surface area contributed by atoms with Gasteiger partial charge in [0, 0.05) is 75.2 Å². The van der Waals surface area contributed by atoms with E-state index < -0.39 is 23.6 Å². The van der Waals surface area contributed by atoms with Crippen molar-refractivity contribution in [1.82, 2.24) is 31.1 Å². The molecule has 0 aliphatic carbocycles. The van der Waals surface area contributed by atoms with Crippen LogP contribution in [0, 0.1) is 0 Å². The van der Waals surface area contributed by atoms with Gasteiger partial charge in [-0.05, 0) is 130 Å². The molecule has 4 N–H and O–H groups in total. The average Bonchev–Trinajstić information content (AvgIpc) is 4.14. The van der Waals surface area contributed by atoms with Crippen LogP contribution in [0.4, 0.5) is 0 Å². The van der Waals surface area contributed by atoms with Crippen molar-refractivity contribution in [2.75, 3.05) is 55.7 Å². The molecule has 2 heterocycles. The van der Waals surface area contributed by atoms with Crippen LogP contribution in [-0.2, 0) is 61.7 Å². The monoisotopic (exact) mass is 1150 g/mol. The second-order valence-electron chi connectivity index (χ2n) is 19.4. The highest BCUT2D eigenvalue weighted by Gasteiger charge is 2.30. The molecule has 20 heteroatoms. The number of nitrogens with zero attached hydrogens (tertiary/aromatic N) is 2. The van der Waals surface area contributed by atoms with E-state index in [9.17, 15) is 28.8 Å². The number of hydrogen-bond donors (Lipinski definition) is 4. The van der Waals surface area contributed by atoms with Crippen LogP contribution in [0.1, 0.15) is 98.8 Å². The smallest absolute Gasteiger partial charge is 0.252 e. The van der Waals surface area contributed by atoms with Crippen LogP contribution < -0.4 is 49.7 Å². The molecule has 0 saturated carbocycles. The molecule has 18 nitrogen and oxygen atoms in total. The molecule has 0 spiro atoms. The zero-order valence-corrected chi connectivity index (χ0v) is 47.9. The number of fused-ring (bicyclic) bond motifs is 2. The quantitative estimate of drug-likeness (QED) is 0.0420. The van der Waals surface area contributed by atoms with Crippen molar-refractivity contribution in [3.63, 3.8) is 0 Å². The number of nitrogens with one attached hydrogen (secondary N) is 4. The Morgan fingerprint density at radius 1 is 0.415 bits per heavy atom. The van der Waals surface area contributed by atoms with Crippen molar-refractivity contribution < 1.29 is 57.2 Å². The minimum atomic E-state index is -0.500. The molecule has 6 amide bonds. The van der Waals surface area contributed by atoms with E-state index in [2.05, 4.69) is 21.3 Å². The molecule has 0 radical (unpaired) electrons. The number of hydrogen-bond acceptors (Lipinski definition) is 12. The minimum absolute atomic E-state index is 0.00723. The highest BCUT2D eigenvalue weighted by Crippen LogP contribution is 2.40. The summed E-state index contributed by atoms with van der Waals surface area (Å²) in [6.07, 6.45) is 4.34. The molecule has 0 fully saturated rings. The summed E-state index contributed by atoms with van der Waals surface area (Å²) in [7, 11) is 9.00. The first-order valence-electron chi connectivity index (χ1n) is 26.4. The summed E-state index contributed by atoms with van der Waals surface area (Å²) >= 11 is 12.1. The fourth-order valence-electron chi connectivity index (χ4n) is 9.80. The Morgan fingerprint density at radius 3 is 0.988 bits per heavy atom. The maximum atomic E-state index is 14.0. The van der Waals surface area contributed by atoms with Crippen LogP contribution in [0.2, 0.25) is 10.0 Å². The van der Waals surface area contributed by atoms with Gasteiger partial charge in [-0.15, -0.1) is 0 Å². The van der Waals surface area contributed by atoms with Gasteiger partial charge in [0.15, 0.2) is 23.0 Å². The summed E-state index contributed by atoms with van der Waals surface area (Å²) in [5, 5.41) is 13.0. The predicted octanol–water partition coefficient (Wildman–Crippen LogP) is 8.57. The van der Waals surface area contributed by atoms with Crippen LogP contribution in [0.5, 0.6) is 34.5 Å². The molecular formula is C62H64Cl2N6O12. The Balaban J connectivity index is 0.914. The molecule has 428 valence electrons. The summed E-state index contributed by atoms with van der Waals surface area (Å²) in [6, 6.07) is 28.2. The Morgan fingerprint density at radius 2 is 0.707 bits per heavy atom. The number of carbonyl (C=O) groups excluding carboxylic acids is 6. The molecule has 8 rings (SSSR count). The molecule has 2 aliphatic heterocycles. The standard InChI is InChI=1S/C62H64Cl2N6O12/c1-77-51-23-39(24-52(78-2)57(51)81-5)31-67-61(75)49-29-43-35-69(33-41(43)27-47(49)59(73)65-21-19-37-11-15-45(63)16-12-37)55(71)9-7-8-10-56(72)70-34-42-28-48(60(74)66-22-20-38-13-17-46(64)18-14-38)50(30-44(42)36-70)62(76)68-32-40-25-53(79-3)58(82-6)54(26-40)80-4/h7-8,11-18,23-30H,9-10,19-22,31-36H2,1-6H3,(H,65,73)(H,66,74)(H,67,75)(H,68,76)/b8-7+. The molecule has 0 aromatic heterocycles. The zero-order chi connectivity index (χ0) is 58.5. The molecule has 6 aromatic carbocycles. The minimum Gasteiger partial charge on any atom is -0.493 e. The largest absolute Gasteiger partial charge is 0.493 e. The lowest BCUT2D eigenvalue weighted by molar-refractivity contribution is -0.131. The SMILES string of the molecule is COc1cc(CNC(=O)c2cc3c(cc2C(=O)NCCc2ccc(Cl)cc2)CN(C(=O)C/C=C/CC(=O)N2Cc4cc(C(=O)NCCc5ccc(Cl)cc5)c(C(=O)NCc5cc(OC)c(OC)c(OC)c5)cc4C2)C3)cc(OC)c1OC. The van der Waals surface area contributed by atoms with Gasteiger partial charge in [0.1, 0.15) is 0 Å². The maximum absolute atomic E-state index is 14.0. The van der Waals surface area contributed by atoms with Crippen molar-refractivity contribution in [3.8, 4) is 34.5 Å². The van der Waals surface area contributed by atoms with Crippen molar-refractivity contribution in [2.45, 2.75) is 65.0 Å². The van der Waals surface area contributed by atoms with Crippen LogP contribution in [-0.4, -0.2) is 101 Å². The molecule has 0 bridgehead atoms. The fraction of sp³-hybridized carbons (Fsp3) is 0.290. The van der Waals surface area contributed by atoms with Gasteiger partial charge in [-0.1, -0.05) is 59.6 Å². The first-order valence-corrected chi connectivity index (χ1v) is 27.1. The van der Waals surface area contributed by atoms with Gasteiger partial charge in [-0.25, -0.2) is 0 Å². The number of halogens is 2.